The molecule has 1 aliphatic rings. The number of aryl methyl sites for hydroxylation is 2. The first kappa shape index (κ1) is 11.4. The van der Waals surface area contributed by atoms with Gasteiger partial charge in [-0.15, -0.1) is 0 Å². The van der Waals surface area contributed by atoms with E-state index in [0.717, 1.165) is 18.6 Å². The van der Waals surface area contributed by atoms with Gasteiger partial charge in [0.25, 0.3) is 0 Å². The smallest absolute Gasteiger partial charge is 0.150 e. The van der Waals surface area contributed by atoms with E-state index in [0.29, 0.717) is 16.5 Å². The van der Waals surface area contributed by atoms with E-state index in [2.05, 4.69) is 6.07 Å². The number of nitrogen functional groups attached to an aromatic ring is 1. The largest absolute Gasteiger partial charge is 0.455 e. The fourth-order valence-electron chi connectivity index (χ4n) is 2.37. The lowest BCUT2D eigenvalue weighted by atomic mass is 10.1. The van der Waals surface area contributed by atoms with Gasteiger partial charge in [-0.05, 0) is 60.7 Å². The molecular formula is C15H14ClNO. The van der Waals surface area contributed by atoms with Crippen LogP contribution in [0, 0.1) is 0 Å². The molecule has 2 aromatic carbocycles. The van der Waals surface area contributed by atoms with Crippen LogP contribution in [0.2, 0.25) is 5.02 Å². The molecule has 18 heavy (non-hydrogen) atoms. The Hall–Kier alpha value is -1.67. The molecule has 2 N–H and O–H groups in total. The number of rotatable bonds is 2. The molecule has 0 bridgehead atoms. The minimum Gasteiger partial charge on any atom is -0.455 e. The van der Waals surface area contributed by atoms with Crippen LogP contribution >= 0.6 is 11.6 Å². The highest BCUT2D eigenvalue weighted by atomic mass is 35.5. The van der Waals surface area contributed by atoms with E-state index in [-0.39, 0.29) is 0 Å². The molecular weight excluding hydrogens is 246 g/mol. The van der Waals surface area contributed by atoms with Crippen molar-refractivity contribution in [2.45, 2.75) is 19.3 Å². The summed E-state index contributed by atoms with van der Waals surface area (Å²) >= 11 is 5.93. The summed E-state index contributed by atoms with van der Waals surface area (Å²) in [7, 11) is 0. The van der Waals surface area contributed by atoms with Gasteiger partial charge in [0, 0.05) is 5.02 Å². The molecule has 0 radical (unpaired) electrons. The molecule has 0 saturated carbocycles. The SMILES string of the molecule is Nc1cc2c(cc1Oc1cccc(Cl)c1)CCC2. The molecule has 3 heteroatoms. The van der Waals surface area contributed by atoms with Crippen LogP contribution in [0.15, 0.2) is 36.4 Å². The zero-order valence-corrected chi connectivity index (χ0v) is 10.7. The third-order valence-corrected chi connectivity index (χ3v) is 3.48. The van der Waals surface area contributed by atoms with Crippen LogP contribution in [0.5, 0.6) is 11.5 Å². The van der Waals surface area contributed by atoms with Crippen LogP contribution in [0.1, 0.15) is 17.5 Å². The molecule has 1 aliphatic carbocycles. The normalized spacial score (nSPS) is 13.4. The lowest BCUT2D eigenvalue weighted by Gasteiger charge is -2.11. The number of benzene rings is 2. The predicted octanol–water partition coefficient (Wildman–Crippen LogP) is 4.20. The number of nitrogens with two attached hydrogens (primary N) is 1. The summed E-state index contributed by atoms with van der Waals surface area (Å²) in [5.41, 5.74) is 9.41. The van der Waals surface area contributed by atoms with Crippen molar-refractivity contribution in [2.24, 2.45) is 0 Å². The maximum absolute atomic E-state index is 6.02. The zero-order valence-electron chi connectivity index (χ0n) is 9.95. The highest BCUT2D eigenvalue weighted by Gasteiger charge is 2.14. The van der Waals surface area contributed by atoms with E-state index >= 15 is 0 Å². The van der Waals surface area contributed by atoms with Crippen LogP contribution in [-0.4, -0.2) is 0 Å². The molecule has 92 valence electrons. The van der Waals surface area contributed by atoms with Gasteiger partial charge in [-0.1, -0.05) is 17.7 Å². The fraction of sp³-hybridized carbons (Fsp3) is 0.200. The van der Waals surface area contributed by atoms with E-state index in [1.54, 1.807) is 6.07 Å². The summed E-state index contributed by atoms with van der Waals surface area (Å²) in [6, 6.07) is 11.4. The van der Waals surface area contributed by atoms with Crippen molar-refractivity contribution in [1.29, 1.82) is 0 Å². The van der Waals surface area contributed by atoms with Crippen LogP contribution in [-0.2, 0) is 12.8 Å². The van der Waals surface area contributed by atoms with Crippen molar-refractivity contribution in [2.75, 3.05) is 5.73 Å². The first-order valence-corrected chi connectivity index (χ1v) is 6.45. The number of ether oxygens (including phenoxy) is 1. The Morgan fingerprint density at radius 2 is 1.83 bits per heavy atom. The molecule has 2 nitrogen and oxygen atoms in total. The van der Waals surface area contributed by atoms with Crippen molar-refractivity contribution in [1.82, 2.24) is 0 Å². The van der Waals surface area contributed by atoms with Crippen LogP contribution in [0.25, 0.3) is 0 Å². The van der Waals surface area contributed by atoms with E-state index in [1.807, 2.05) is 24.3 Å². The number of halogens is 1. The zero-order chi connectivity index (χ0) is 12.5. The third-order valence-electron chi connectivity index (χ3n) is 3.25. The van der Waals surface area contributed by atoms with Gasteiger partial charge in [-0.2, -0.15) is 0 Å². The minimum atomic E-state index is 0.659. The van der Waals surface area contributed by atoms with E-state index < -0.39 is 0 Å². The first-order valence-electron chi connectivity index (χ1n) is 6.07. The van der Waals surface area contributed by atoms with Gasteiger partial charge in [0.15, 0.2) is 5.75 Å². The van der Waals surface area contributed by atoms with Gasteiger partial charge in [0.05, 0.1) is 5.69 Å². The summed E-state index contributed by atoms with van der Waals surface area (Å²) in [4.78, 5) is 0. The summed E-state index contributed by atoms with van der Waals surface area (Å²) in [6.07, 6.45) is 3.44. The topological polar surface area (TPSA) is 35.2 Å². The minimum absolute atomic E-state index is 0.659. The van der Waals surface area contributed by atoms with Gasteiger partial charge >= 0.3 is 0 Å². The van der Waals surface area contributed by atoms with Gasteiger partial charge in [0.1, 0.15) is 5.75 Å². The van der Waals surface area contributed by atoms with E-state index in [9.17, 15) is 0 Å². The number of fused-ring (bicyclic) bond motifs is 1. The number of hydrogen-bond donors (Lipinski definition) is 1. The third kappa shape index (κ3) is 2.16. The van der Waals surface area contributed by atoms with Gasteiger partial charge < -0.3 is 10.5 Å². The lowest BCUT2D eigenvalue weighted by molar-refractivity contribution is 0.484. The summed E-state index contributed by atoms with van der Waals surface area (Å²) in [6.45, 7) is 0. The Balaban J connectivity index is 1.93. The fourth-order valence-corrected chi connectivity index (χ4v) is 2.55. The van der Waals surface area contributed by atoms with Crippen LogP contribution in [0.4, 0.5) is 5.69 Å². The maximum atomic E-state index is 6.02. The van der Waals surface area contributed by atoms with E-state index in [4.69, 9.17) is 22.1 Å². The lowest BCUT2D eigenvalue weighted by Crippen LogP contribution is -1.95. The van der Waals surface area contributed by atoms with Crippen molar-refractivity contribution in [3.63, 3.8) is 0 Å². The standard InChI is InChI=1S/C15H14ClNO/c16-12-5-2-6-13(9-12)18-15-8-11-4-1-3-10(11)7-14(15)17/h2,5-9H,1,3-4,17H2. The molecule has 0 heterocycles. The molecule has 0 aliphatic heterocycles. The summed E-state index contributed by atoms with van der Waals surface area (Å²) in [5.74, 6) is 1.44. The molecule has 0 spiro atoms. The van der Waals surface area contributed by atoms with Crippen molar-refractivity contribution >= 4 is 17.3 Å². The first-order chi connectivity index (χ1) is 8.72. The highest BCUT2D eigenvalue weighted by molar-refractivity contribution is 6.30. The van der Waals surface area contributed by atoms with Crippen LogP contribution in [0.3, 0.4) is 0 Å². The molecule has 2 aromatic rings. The summed E-state index contributed by atoms with van der Waals surface area (Å²) in [5, 5.41) is 0.659. The Morgan fingerprint density at radius 1 is 1.06 bits per heavy atom. The molecule has 0 unspecified atom stereocenters. The van der Waals surface area contributed by atoms with Crippen LogP contribution < -0.4 is 10.5 Å². The molecule has 0 atom stereocenters. The van der Waals surface area contributed by atoms with Crippen molar-refractivity contribution in [3.05, 3.63) is 52.5 Å². The molecule has 0 saturated heterocycles. The second kappa shape index (κ2) is 4.54. The van der Waals surface area contributed by atoms with E-state index in [1.165, 1.54) is 17.5 Å². The second-order valence-electron chi connectivity index (χ2n) is 4.57. The van der Waals surface area contributed by atoms with Gasteiger partial charge in [0.2, 0.25) is 0 Å². The molecule has 3 rings (SSSR count). The average molecular weight is 260 g/mol. The Labute approximate surface area is 111 Å². The highest BCUT2D eigenvalue weighted by Crippen LogP contribution is 2.34. The number of anilines is 1. The Kier molecular flexibility index (Phi) is 2.88. The Bertz CT molecular complexity index is 595. The quantitative estimate of drug-likeness (QED) is 0.821. The van der Waals surface area contributed by atoms with Crippen molar-refractivity contribution in [3.8, 4) is 11.5 Å². The second-order valence-corrected chi connectivity index (χ2v) is 5.01. The Morgan fingerprint density at radius 3 is 2.61 bits per heavy atom. The maximum Gasteiger partial charge on any atom is 0.150 e. The average Bonchev–Trinajstić information content (AvgIpc) is 2.76. The predicted molar refractivity (Wildman–Crippen MR) is 74.4 cm³/mol. The molecule has 0 fully saturated rings. The van der Waals surface area contributed by atoms with Crippen molar-refractivity contribution < 1.29 is 4.74 Å². The molecule has 0 amide bonds. The number of hydrogen-bond acceptors (Lipinski definition) is 2. The van der Waals surface area contributed by atoms with Gasteiger partial charge in [-0.3, -0.25) is 0 Å². The van der Waals surface area contributed by atoms with Gasteiger partial charge in [-0.25, -0.2) is 0 Å². The monoisotopic (exact) mass is 259 g/mol. The summed E-state index contributed by atoms with van der Waals surface area (Å²) < 4.78 is 5.81. The molecule has 0 aromatic heterocycles.